The molecule has 6 nitrogen and oxygen atoms in total. The standard InChI is InChI=1S/C14H24N6.HI/c1-15-14(16-2)18-11-12-4-5-13(17-10-12)20-8-6-19(3)7-9-20;/h4-5,10H,6-9,11H2,1-3H3,(H2,15,16,18);1H. The van der Waals surface area contributed by atoms with Gasteiger partial charge in [0.05, 0.1) is 0 Å². The van der Waals surface area contributed by atoms with Crippen LogP contribution >= 0.6 is 24.0 Å². The third-order valence-corrected chi connectivity index (χ3v) is 3.56. The lowest BCUT2D eigenvalue weighted by molar-refractivity contribution is 0.312. The summed E-state index contributed by atoms with van der Waals surface area (Å²) >= 11 is 0. The molecule has 1 saturated heterocycles. The monoisotopic (exact) mass is 404 g/mol. The number of pyridine rings is 1. The van der Waals surface area contributed by atoms with E-state index in [4.69, 9.17) is 0 Å². The summed E-state index contributed by atoms with van der Waals surface area (Å²) in [6.07, 6.45) is 1.93. The fourth-order valence-corrected chi connectivity index (χ4v) is 2.21. The Bertz CT molecular complexity index is 439. The Hall–Kier alpha value is -1.09. The highest BCUT2D eigenvalue weighted by Crippen LogP contribution is 2.13. The van der Waals surface area contributed by atoms with E-state index in [2.05, 4.69) is 49.6 Å². The Kier molecular flexibility index (Phi) is 7.73. The molecule has 1 aromatic rings. The molecule has 1 aromatic heterocycles. The van der Waals surface area contributed by atoms with Gasteiger partial charge >= 0.3 is 0 Å². The Morgan fingerprint density at radius 2 is 2.00 bits per heavy atom. The maximum atomic E-state index is 4.56. The Labute approximate surface area is 144 Å². The molecule has 1 aliphatic heterocycles. The van der Waals surface area contributed by atoms with Gasteiger partial charge < -0.3 is 20.4 Å². The molecule has 118 valence electrons. The molecule has 0 radical (unpaired) electrons. The highest BCUT2D eigenvalue weighted by atomic mass is 127. The Morgan fingerprint density at radius 1 is 1.29 bits per heavy atom. The molecule has 0 saturated carbocycles. The first-order valence-corrected chi connectivity index (χ1v) is 6.99. The summed E-state index contributed by atoms with van der Waals surface area (Å²) in [7, 11) is 5.77. The molecular weight excluding hydrogens is 379 g/mol. The van der Waals surface area contributed by atoms with E-state index >= 15 is 0 Å². The SMILES string of the molecule is CN=C(NC)NCc1ccc(N2CCN(C)CC2)nc1.I. The fraction of sp³-hybridized carbons (Fsp3) is 0.571. The van der Waals surface area contributed by atoms with Crippen LogP contribution in [-0.2, 0) is 6.54 Å². The quantitative estimate of drug-likeness (QED) is 0.443. The highest BCUT2D eigenvalue weighted by molar-refractivity contribution is 14.0. The third kappa shape index (κ3) is 5.31. The minimum absolute atomic E-state index is 0. The molecule has 0 amide bonds. The van der Waals surface area contributed by atoms with Gasteiger partial charge in [-0.1, -0.05) is 6.07 Å². The first-order chi connectivity index (χ1) is 9.72. The molecule has 2 heterocycles. The van der Waals surface area contributed by atoms with Crippen molar-refractivity contribution in [2.45, 2.75) is 6.54 Å². The van der Waals surface area contributed by atoms with Gasteiger partial charge in [0.15, 0.2) is 5.96 Å². The summed E-state index contributed by atoms with van der Waals surface area (Å²) in [4.78, 5) is 13.3. The van der Waals surface area contributed by atoms with Crippen molar-refractivity contribution in [3.63, 3.8) is 0 Å². The molecule has 0 aromatic carbocycles. The number of halogens is 1. The van der Waals surface area contributed by atoms with Gasteiger partial charge in [-0.15, -0.1) is 24.0 Å². The zero-order valence-electron chi connectivity index (χ0n) is 13.0. The molecule has 1 aliphatic rings. The van der Waals surface area contributed by atoms with Crippen LogP contribution in [0.25, 0.3) is 0 Å². The van der Waals surface area contributed by atoms with Crippen molar-refractivity contribution in [2.75, 3.05) is 52.2 Å². The average Bonchev–Trinajstić information content (AvgIpc) is 2.50. The zero-order chi connectivity index (χ0) is 14.4. The lowest BCUT2D eigenvalue weighted by Crippen LogP contribution is -2.44. The van der Waals surface area contributed by atoms with Gasteiger partial charge in [0.2, 0.25) is 0 Å². The first kappa shape index (κ1) is 18.0. The van der Waals surface area contributed by atoms with Crippen molar-refractivity contribution in [1.82, 2.24) is 20.5 Å². The van der Waals surface area contributed by atoms with Gasteiger partial charge in [0.25, 0.3) is 0 Å². The number of rotatable bonds is 3. The number of aliphatic imine (C=N–C) groups is 1. The molecule has 2 rings (SSSR count). The van der Waals surface area contributed by atoms with Crippen molar-refractivity contribution in [2.24, 2.45) is 4.99 Å². The number of anilines is 1. The summed E-state index contributed by atoms with van der Waals surface area (Å²) in [6.45, 7) is 5.03. The third-order valence-electron chi connectivity index (χ3n) is 3.56. The number of nitrogens with one attached hydrogen (secondary N) is 2. The maximum Gasteiger partial charge on any atom is 0.190 e. The van der Waals surface area contributed by atoms with Gasteiger partial charge in [-0.05, 0) is 18.7 Å². The molecule has 0 bridgehead atoms. The fourth-order valence-electron chi connectivity index (χ4n) is 2.21. The van der Waals surface area contributed by atoms with Crippen molar-refractivity contribution in [3.8, 4) is 0 Å². The topological polar surface area (TPSA) is 55.8 Å². The van der Waals surface area contributed by atoms with E-state index in [0.29, 0.717) is 0 Å². The molecule has 7 heteroatoms. The van der Waals surface area contributed by atoms with Crippen LogP contribution in [0.15, 0.2) is 23.3 Å². The minimum atomic E-state index is 0. The van der Waals surface area contributed by atoms with Gasteiger partial charge in [0.1, 0.15) is 5.82 Å². The largest absolute Gasteiger partial charge is 0.359 e. The second-order valence-electron chi connectivity index (χ2n) is 4.99. The molecule has 0 unspecified atom stereocenters. The lowest BCUT2D eigenvalue weighted by atomic mass is 10.2. The van der Waals surface area contributed by atoms with Crippen LogP contribution in [0.4, 0.5) is 5.82 Å². The lowest BCUT2D eigenvalue weighted by Gasteiger charge is -2.33. The number of guanidine groups is 1. The average molecular weight is 404 g/mol. The summed E-state index contributed by atoms with van der Waals surface area (Å²) in [5.74, 6) is 1.85. The van der Waals surface area contributed by atoms with E-state index in [9.17, 15) is 0 Å². The molecular formula is C14H25IN6. The van der Waals surface area contributed by atoms with E-state index < -0.39 is 0 Å². The van der Waals surface area contributed by atoms with Crippen LogP contribution in [0.5, 0.6) is 0 Å². The smallest absolute Gasteiger partial charge is 0.190 e. The summed E-state index contributed by atoms with van der Waals surface area (Å²) in [6, 6.07) is 4.22. The van der Waals surface area contributed by atoms with Gasteiger partial charge in [-0.2, -0.15) is 0 Å². The minimum Gasteiger partial charge on any atom is -0.359 e. The predicted octanol–water partition coefficient (Wildman–Crippen LogP) is 0.746. The highest BCUT2D eigenvalue weighted by Gasteiger charge is 2.14. The molecule has 0 spiro atoms. The first-order valence-electron chi connectivity index (χ1n) is 6.99. The van der Waals surface area contributed by atoms with Crippen LogP contribution in [-0.4, -0.2) is 63.2 Å². The zero-order valence-corrected chi connectivity index (χ0v) is 15.3. The second-order valence-corrected chi connectivity index (χ2v) is 4.99. The van der Waals surface area contributed by atoms with Crippen LogP contribution in [0.1, 0.15) is 5.56 Å². The van der Waals surface area contributed by atoms with Crippen LogP contribution < -0.4 is 15.5 Å². The molecule has 0 atom stereocenters. The normalized spacial score (nSPS) is 16.3. The Morgan fingerprint density at radius 3 is 2.52 bits per heavy atom. The van der Waals surface area contributed by atoms with E-state index in [1.165, 1.54) is 0 Å². The van der Waals surface area contributed by atoms with E-state index in [1.807, 2.05) is 13.2 Å². The molecule has 0 aliphatic carbocycles. The van der Waals surface area contributed by atoms with E-state index in [1.54, 1.807) is 7.05 Å². The number of aromatic nitrogens is 1. The van der Waals surface area contributed by atoms with Crippen molar-refractivity contribution < 1.29 is 0 Å². The van der Waals surface area contributed by atoms with Gasteiger partial charge in [0, 0.05) is 53.0 Å². The molecule has 1 fully saturated rings. The second kappa shape index (κ2) is 9.04. The number of piperazine rings is 1. The maximum absolute atomic E-state index is 4.56. The van der Waals surface area contributed by atoms with Crippen LogP contribution in [0.3, 0.4) is 0 Å². The number of hydrogen-bond acceptors (Lipinski definition) is 4. The molecule has 21 heavy (non-hydrogen) atoms. The van der Waals surface area contributed by atoms with Crippen molar-refractivity contribution in [1.29, 1.82) is 0 Å². The molecule has 2 N–H and O–H groups in total. The van der Waals surface area contributed by atoms with E-state index in [-0.39, 0.29) is 24.0 Å². The number of likely N-dealkylation sites (N-methyl/N-ethyl adjacent to an activating group) is 1. The number of nitrogens with zero attached hydrogens (tertiary/aromatic N) is 4. The van der Waals surface area contributed by atoms with E-state index in [0.717, 1.165) is 50.1 Å². The number of hydrogen-bond donors (Lipinski definition) is 2. The van der Waals surface area contributed by atoms with Crippen LogP contribution in [0.2, 0.25) is 0 Å². The summed E-state index contributed by atoms with van der Waals surface area (Å²) in [5, 5.41) is 6.21. The van der Waals surface area contributed by atoms with Crippen LogP contribution in [0, 0.1) is 0 Å². The predicted molar refractivity (Wildman–Crippen MR) is 98.6 cm³/mol. The van der Waals surface area contributed by atoms with Gasteiger partial charge in [-0.3, -0.25) is 4.99 Å². The Balaban J connectivity index is 0.00000220. The summed E-state index contributed by atoms with van der Waals surface area (Å²) < 4.78 is 0. The van der Waals surface area contributed by atoms with Crippen molar-refractivity contribution >= 4 is 35.8 Å². The van der Waals surface area contributed by atoms with Crippen molar-refractivity contribution in [3.05, 3.63) is 23.9 Å². The van der Waals surface area contributed by atoms with Gasteiger partial charge in [-0.25, -0.2) is 4.98 Å². The summed E-state index contributed by atoms with van der Waals surface area (Å²) in [5.41, 5.74) is 1.15.